The Bertz CT molecular complexity index is 1660. The highest BCUT2D eigenvalue weighted by atomic mass is 32.2. The maximum absolute atomic E-state index is 13.8. The van der Waals surface area contributed by atoms with Crippen LogP contribution in [-0.4, -0.2) is 41.1 Å². The lowest BCUT2D eigenvalue weighted by molar-refractivity contribution is 0.0537. The highest BCUT2D eigenvalue weighted by molar-refractivity contribution is 7.87. The number of rotatable bonds is 12. The van der Waals surface area contributed by atoms with Gasteiger partial charge in [-0.3, -0.25) is 18.0 Å². The standard InChI is InChI=1S/C31H28O8S2/c1-22-13-17-26(18-14-22)40(34,35)38-21-28(39-41(36,37)27-19-15-23(2)16-20-27)29(30(32)24-9-5-3-6-10-24)31(33)25-11-7-4-8-12-25/h3-20,28-29H,21H2,1-2H3. The van der Waals surface area contributed by atoms with Gasteiger partial charge in [-0.25, -0.2) is 0 Å². The number of ketones is 2. The van der Waals surface area contributed by atoms with Gasteiger partial charge in [0.15, 0.2) is 11.6 Å². The van der Waals surface area contributed by atoms with Crippen molar-refractivity contribution in [3.8, 4) is 0 Å². The molecule has 4 aromatic carbocycles. The summed E-state index contributed by atoms with van der Waals surface area (Å²) in [4.78, 5) is 27.2. The third kappa shape index (κ3) is 7.42. The predicted octanol–water partition coefficient (Wildman–Crippen LogP) is 5.16. The van der Waals surface area contributed by atoms with Crippen LogP contribution in [-0.2, 0) is 28.6 Å². The van der Waals surface area contributed by atoms with Crippen molar-refractivity contribution < 1.29 is 34.8 Å². The number of aryl methyl sites for hydroxylation is 2. The smallest absolute Gasteiger partial charge is 0.293 e. The minimum absolute atomic E-state index is 0.115. The molecule has 0 aromatic heterocycles. The van der Waals surface area contributed by atoms with Crippen LogP contribution < -0.4 is 0 Å². The molecule has 8 nitrogen and oxygen atoms in total. The Morgan fingerprint density at radius 3 is 1.39 bits per heavy atom. The minimum atomic E-state index is -4.57. The third-order valence-corrected chi connectivity index (χ3v) is 8.96. The van der Waals surface area contributed by atoms with Crippen molar-refractivity contribution >= 4 is 31.8 Å². The number of carbonyl (C=O) groups excluding carboxylic acids is 2. The first-order valence-corrected chi connectivity index (χ1v) is 15.4. The average molecular weight is 593 g/mol. The Morgan fingerprint density at radius 2 is 0.976 bits per heavy atom. The van der Waals surface area contributed by atoms with E-state index in [2.05, 4.69) is 0 Å². The molecule has 1 unspecified atom stereocenters. The molecule has 0 aliphatic heterocycles. The Labute approximate surface area is 239 Å². The second-order valence-electron chi connectivity index (χ2n) is 9.39. The van der Waals surface area contributed by atoms with E-state index in [-0.39, 0.29) is 20.9 Å². The van der Waals surface area contributed by atoms with E-state index < -0.39 is 50.4 Å². The highest BCUT2D eigenvalue weighted by Gasteiger charge is 2.41. The summed E-state index contributed by atoms with van der Waals surface area (Å²) in [5, 5.41) is 0. The summed E-state index contributed by atoms with van der Waals surface area (Å²) in [5.74, 6) is -3.26. The molecule has 0 fully saturated rings. The molecular formula is C31H28O8S2. The zero-order chi connectivity index (χ0) is 29.6. The lowest BCUT2D eigenvalue weighted by Crippen LogP contribution is -2.41. The van der Waals surface area contributed by atoms with Crippen LogP contribution in [0.3, 0.4) is 0 Å². The molecule has 212 valence electrons. The van der Waals surface area contributed by atoms with Crippen molar-refractivity contribution in [2.75, 3.05) is 6.61 Å². The molecule has 0 spiro atoms. The molecule has 41 heavy (non-hydrogen) atoms. The van der Waals surface area contributed by atoms with E-state index in [0.29, 0.717) is 0 Å². The summed E-state index contributed by atoms with van der Waals surface area (Å²) in [6, 6.07) is 27.2. The molecule has 0 bridgehead atoms. The number of carbonyl (C=O) groups is 2. The van der Waals surface area contributed by atoms with Gasteiger partial charge < -0.3 is 0 Å². The molecule has 0 amide bonds. The van der Waals surface area contributed by atoms with Gasteiger partial charge in [-0.2, -0.15) is 16.8 Å². The molecule has 4 rings (SSSR count). The zero-order valence-corrected chi connectivity index (χ0v) is 24.0. The summed E-state index contributed by atoms with van der Waals surface area (Å²) in [6.07, 6.45) is -1.83. The van der Waals surface area contributed by atoms with E-state index in [1.807, 2.05) is 0 Å². The second kappa shape index (κ2) is 12.7. The van der Waals surface area contributed by atoms with Gasteiger partial charge in [-0.05, 0) is 38.1 Å². The third-order valence-electron chi connectivity index (χ3n) is 6.31. The second-order valence-corrected chi connectivity index (χ2v) is 12.6. The maximum atomic E-state index is 13.8. The van der Waals surface area contributed by atoms with Crippen LogP contribution in [0.5, 0.6) is 0 Å². The van der Waals surface area contributed by atoms with E-state index >= 15 is 0 Å². The first-order valence-electron chi connectivity index (χ1n) is 12.6. The van der Waals surface area contributed by atoms with Crippen LogP contribution >= 0.6 is 0 Å². The Kier molecular flexibility index (Phi) is 9.29. The van der Waals surface area contributed by atoms with Gasteiger partial charge in [0, 0.05) is 11.1 Å². The summed E-state index contributed by atoms with van der Waals surface area (Å²) in [6.45, 7) is 2.63. The molecule has 0 saturated carbocycles. The fraction of sp³-hybridized carbons (Fsp3) is 0.161. The van der Waals surface area contributed by atoms with E-state index in [1.54, 1.807) is 74.5 Å². The normalized spacial score (nSPS) is 12.7. The van der Waals surface area contributed by atoms with Gasteiger partial charge in [0.05, 0.1) is 16.4 Å². The number of Topliss-reactive ketones (excluding diaryl/α,β-unsaturated/α-hetero) is 2. The quantitative estimate of drug-likeness (QED) is 0.126. The van der Waals surface area contributed by atoms with E-state index in [4.69, 9.17) is 8.37 Å². The fourth-order valence-electron chi connectivity index (χ4n) is 4.05. The molecule has 10 heteroatoms. The van der Waals surface area contributed by atoms with Crippen LogP contribution in [0.2, 0.25) is 0 Å². The van der Waals surface area contributed by atoms with Crippen molar-refractivity contribution in [1.29, 1.82) is 0 Å². The summed E-state index contributed by atoms with van der Waals surface area (Å²) in [7, 11) is -8.98. The molecule has 0 aliphatic carbocycles. The average Bonchev–Trinajstić information content (AvgIpc) is 2.97. The van der Waals surface area contributed by atoms with Crippen molar-refractivity contribution in [3.05, 3.63) is 131 Å². The zero-order valence-electron chi connectivity index (χ0n) is 22.3. The molecule has 0 radical (unpaired) electrons. The van der Waals surface area contributed by atoms with Crippen LogP contribution in [0.4, 0.5) is 0 Å². The van der Waals surface area contributed by atoms with Crippen molar-refractivity contribution in [2.45, 2.75) is 29.7 Å². The highest BCUT2D eigenvalue weighted by Crippen LogP contribution is 2.26. The van der Waals surface area contributed by atoms with E-state index in [1.165, 1.54) is 48.5 Å². The van der Waals surface area contributed by atoms with Gasteiger partial charge in [-0.1, -0.05) is 96.1 Å². The summed E-state index contributed by atoms with van der Waals surface area (Å²) >= 11 is 0. The number of hydrogen-bond donors (Lipinski definition) is 0. The van der Waals surface area contributed by atoms with Crippen LogP contribution in [0.25, 0.3) is 0 Å². The molecule has 0 heterocycles. The van der Waals surface area contributed by atoms with Gasteiger partial charge in [0.25, 0.3) is 20.2 Å². The molecular weight excluding hydrogens is 564 g/mol. The van der Waals surface area contributed by atoms with Crippen LogP contribution in [0.1, 0.15) is 31.8 Å². The largest absolute Gasteiger partial charge is 0.297 e. The maximum Gasteiger partial charge on any atom is 0.297 e. The summed E-state index contributed by atoms with van der Waals surface area (Å²) < 4.78 is 63.5. The van der Waals surface area contributed by atoms with Crippen molar-refractivity contribution in [2.24, 2.45) is 5.92 Å². The first kappa shape index (κ1) is 30.0. The van der Waals surface area contributed by atoms with Crippen LogP contribution in [0, 0.1) is 19.8 Å². The van der Waals surface area contributed by atoms with E-state index in [9.17, 15) is 26.4 Å². The number of benzene rings is 4. The molecule has 1 atom stereocenters. The lowest BCUT2D eigenvalue weighted by Gasteiger charge is -2.25. The molecule has 0 aliphatic rings. The molecule has 0 saturated heterocycles. The van der Waals surface area contributed by atoms with Gasteiger partial charge >= 0.3 is 0 Å². The molecule has 4 aromatic rings. The Morgan fingerprint density at radius 1 is 0.585 bits per heavy atom. The van der Waals surface area contributed by atoms with Crippen LogP contribution in [0.15, 0.2) is 119 Å². The first-order chi connectivity index (χ1) is 19.5. The topological polar surface area (TPSA) is 121 Å². The summed E-state index contributed by atoms with van der Waals surface area (Å²) in [5.41, 5.74) is 1.84. The molecule has 0 N–H and O–H groups in total. The van der Waals surface area contributed by atoms with Gasteiger partial charge in [0.2, 0.25) is 0 Å². The predicted molar refractivity (Wildman–Crippen MR) is 153 cm³/mol. The minimum Gasteiger partial charge on any atom is -0.293 e. The van der Waals surface area contributed by atoms with Gasteiger partial charge in [-0.15, -0.1) is 0 Å². The lowest BCUT2D eigenvalue weighted by atomic mass is 9.86. The number of hydrogen-bond acceptors (Lipinski definition) is 8. The van der Waals surface area contributed by atoms with Crippen molar-refractivity contribution in [1.82, 2.24) is 0 Å². The Balaban J connectivity index is 1.78. The SMILES string of the molecule is Cc1ccc(S(=O)(=O)OCC(OS(=O)(=O)c2ccc(C)cc2)C(C(=O)c2ccccc2)C(=O)c2ccccc2)cc1. The van der Waals surface area contributed by atoms with E-state index in [0.717, 1.165) is 11.1 Å². The fourth-order valence-corrected chi connectivity index (χ4v) is 6.04. The van der Waals surface area contributed by atoms with Gasteiger partial charge in [0.1, 0.15) is 12.0 Å². The Hall–Kier alpha value is -3.96. The van der Waals surface area contributed by atoms with Crippen molar-refractivity contribution in [3.63, 3.8) is 0 Å². The monoisotopic (exact) mass is 592 g/mol.